The van der Waals surface area contributed by atoms with Crippen molar-refractivity contribution in [3.63, 3.8) is 0 Å². The Labute approximate surface area is 114 Å². The van der Waals surface area contributed by atoms with Crippen molar-refractivity contribution in [2.75, 3.05) is 0 Å². The van der Waals surface area contributed by atoms with Gasteiger partial charge in [0.1, 0.15) is 0 Å². The molecule has 3 heteroatoms. The van der Waals surface area contributed by atoms with Crippen molar-refractivity contribution in [3.8, 4) is 0 Å². The molecule has 0 N–H and O–H groups in total. The van der Waals surface area contributed by atoms with Gasteiger partial charge in [0, 0.05) is 15.6 Å². The van der Waals surface area contributed by atoms with Crippen molar-refractivity contribution in [2.45, 2.75) is 6.92 Å². The van der Waals surface area contributed by atoms with Crippen LogP contribution in [0.15, 0.2) is 46.9 Å². The molecule has 0 aliphatic heterocycles. The second kappa shape index (κ2) is 5.03. The lowest BCUT2D eigenvalue weighted by Gasteiger charge is -2.05. The number of carbonyl (C=O) groups excluding carboxylic acids is 1. The van der Waals surface area contributed by atoms with Gasteiger partial charge in [0.2, 0.25) is 0 Å². The highest BCUT2D eigenvalue weighted by Crippen LogP contribution is 2.21. The highest BCUT2D eigenvalue weighted by atomic mass is 79.9. The van der Waals surface area contributed by atoms with E-state index in [1.165, 1.54) is 0 Å². The number of rotatable bonds is 2. The van der Waals surface area contributed by atoms with Gasteiger partial charge in [-0.2, -0.15) is 0 Å². The van der Waals surface area contributed by atoms with E-state index in [9.17, 15) is 4.79 Å². The van der Waals surface area contributed by atoms with Crippen LogP contribution in [0.5, 0.6) is 0 Å². The summed E-state index contributed by atoms with van der Waals surface area (Å²) in [6.45, 7) is 1.94. The van der Waals surface area contributed by atoms with Crippen LogP contribution in [0.1, 0.15) is 21.5 Å². The maximum absolute atomic E-state index is 12.2. The summed E-state index contributed by atoms with van der Waals surface area (Å²) in [5.74, 6) is -0.0498. The molecule has 0 saturated heterocycles. The predicted octanol–water partition coefficient (Wildman–Crippen LogP) is 4.64. The third-order valence-electron chi connectivity index (χ3n) is 2.47. The molecule has 0 unspecified atom stereocenters. The van der Waals surface area contributed by atoms with Crippen LogP contribution in [0.25, 0.3) is 0 Å². The Bertz CT molecular complexity index is 561. The molecule has 0 aliphatic rings. The van der Waals surface area contributed by atoms with Crippen LogP contribution < -0.4 is 0 Å². The zero-order chi connectivity index (χ0) is 12.4. The van der Waals surface area contributed by atoms with Crippen molar-refractivity contribution < 1.29 is 4.79 Å². The van der Waals surface area contributed by atoms with Crippen molar-refractivity contribution in [3.05, 3.63) is 68.7 Å². The van der Waals surface area contributed by atoms with Gasteiger partial charge in [-0.3, -0.25) is 4.79 Å². The van der Waals surface area contributed by atoms with E-state index in [4.69, 9.17) is 11.6 Å². The SMILES string of the molecule is Cc1ccc(Cl)c(C(=O)c2ccc(Br)cc2)c1. The van der Waals surface area contributed by atoms with E-state index in [0.717, 1.165) is 10.0 Å². The summed E-state index contributed by atoms with van der Waals surface area (Å²) in [6, 6.07) is 12.7. The van der Waals surface area contributed by atoms with Gasteiger partial charge in [-0.1, -0.05) is 39.2 Å². The molecule has 17 heavy (non-hydrogen) atoms. The minimum absolute atomic E-state index is 0.0498. The monoisotopic (exact) mass is 308 g/mol. The molecule has 2 aromatic carbocycles. The quantitative estimate of drug-likeness (QED) is 0.738. The maximum atomic E-state index is 12.2. The fraction of sp³-hybridized carbons (Fsp3) is 0.0714. The number of ketones is 1. The van der Waals surface area contributed by atoms with Crippen LogP contribution in [-0.4, -0.2) is 5.78 Å². The molecule has 1 nitrogen and oxygen atoms in total. The van der Waals surface area contributed by atoms with Gasteiger partial charge in [-0.05, 0) is 43.3 Å². The van der Waals surface area contributed by atoms with E-state index < -0.39 is 0 Å². The average molecular weight is 310 g/mol. The lowest BCUT2D eigenvalue weighted by molar-refractivity contribution is 0.103. The molecular formula is C14H10BrClO. The maximum Gasteiger partial charge on any atom is 0.194 e. The summed E-state index contributed by atoms with van der Waals surface area (Å²) < 4.78 is 0.949. The molecule has 0 amide bonds. The van der Waals surface area contributed by atoms with Crippen LogP contribution >= 0.6 is 27.5 Å². The number of aryl methyl sites for hydroxylation is 1. The van der Waals surface area contributed by atoms with Crippen LogP contribution in [0.4, 0.5) is 0 Å². The summed E-state index contributed by atoms with van der Waals surface area (Å²) in [4.78, 5) is 12.2. The Hall–Kier alpha value is -1.12. The number of benzene rings is 2. The molecule has 0 radical (unpaired) electrons. The highest BCUT2D eigenvalue weighted by Gasteiger charge is 2.12. The van der Waals surface area contributed by atoms with E-state index in [2.05, 4.69) is 15.9 Å². The number of carbonyl (C=O) groups is 1. The van der Waals surface area contributed by atoms with Crippen molar-refractivity contribution in [1.82, 2.24) is 0 Å². The zero-order valence-electron chi connectivity index (χ0n) is 9.21. The molecule has 2 aromatic rings. The fourth-order valence-electron chi connectivity index (χ4n) is 1.57. The third kappa shape index (κ3) is 2.76. The van der Waals surface area contributed by atoms with Crippen LogP contribution in [0.2, 0.25) is 5.02 Å². The Morgan fingerprint density at radius 2 is 1.76 bits per heavy atom. The first-order chi connectivity index (χ1) is 8.08. The second-order valence-electron chi connectivity index (χ2n) is 3.82. The molecule has 0 heterocycles. The van der Waals surface area contributed by atoms with Crippen molar-refractivity contribution >= 4 is 33.3 Å². The second-order valence-corrected chi connectivity index (χ2v) is 5.14. The Morgan fingerprint density at radius 1 is 1.12 bits per heavy atom. The Kier molecular flexibility index (Phi) is 3.65. The predicted molar refractivity (Wildman–Crippen MR) is 73.8 cm³/mol. The number of hydrogen-bond acceptors (Lipinski definition) is 1. The average Bonchev–Trinajstić information content (AvgIpc) is 2.32. The first kappa shape index (κ1) is 12.3. The van der Waals surface area contributed by atoms with Gasteiger partial charge in [0.25, 0.3) is 0 Å². The van der Waals surface area contributed by atoms with Crippen molar-refractivity contribution in [2.24, 2.45) is 0 Å². The first-order valence-corrected chi connectivity index (χ1v) is 6.31. The Balaban J connectivity index is 2.43. The first-order valence-electron chi connectivity index (χ1n) is 5.14. The van der Waals surface area contributed by atoms with Gasteiger partial charge >= 0.3 is 0 Å². The molecule has 0 saturated carbocycles. The van der Waals surface area contributed by atoms with Crippen LogP contribution in [0.3, 0.4) is 0 Å². The summed E-state index contributed by atoms with van der Waals surface area (Å²) in [5, 5.41) is 0.489. The third-order valence-corrected chi connectivity index (χ3v) is 3.33. The minimum Gasteiger partial charge on any atom is -0.289 e. The minimum atomic E-state index is -0.0498. The molecule has 0 atom stereocenters. The summed E-state index contributed by atoms with van der Waals surface area (Å²) >= 11 is 9.38. The molecular weight excluding hydrogens is 300 g/mol. The van der Waals surface area contributed by atoms with Crippen LogP contribution in [-0.2, 0) is 0 Å². The lowest BCUT2D eigenvalue weighted by atomic mass is 10.0. The van der Waals surface area contributed by atoms with E-state index in [1.807, 2.05) is 31.2 Å². The summed E-state index contributed by atoms with van der Waals surface area (Å²) in [6.07, 6.45) is 0. The smallest absolute Gasteiger partial charge is 0.194 e. The highest BCUT2D eigenvalue weighted by molar-refractivity contribution is 9.10. The number of halogens is 2. The summed E-state index contributed by atoms with van der Waals surface area (Å²) in [7, 11) is 0. The normalized spacial score (nSPS) is 10.3. The molecule has 86 valence electrons. The molecule has 2 rings (SSSR count). The van der Waals surface area contributed by atoms with Crippen molar-refractivity contribution in [1.29, 1.82) is 0 Å². The molecule has 0 aromatic heterocycles. The lowest BCUT2D eigenvalue weighted by Crippen LogP contribution is -2.02. The molecule has 0 aliphatic carbocycles. The molecule has 0 fully saturated rings. The van der Waals surface area contributed by atoms with Gasteiger partial charge in [-0.25, -0.2) is 0 Å². The van der Waals surface area contributed by atoms with Gasteiger partial charge in [-0.15, -0.1) is 0 Å². The molecule has 0 bridgehead atoms. The Morgan fingerprint density at radius 3 is 2.41 bits per heavy atom. The van der Waals surface area contributed by atoms with Gasteiger partial charge in [0.15, 0.2) is 5.78 Å². The standard InChI is InChI=1S/C14H10BrClO/c1-9-2-7-13(16)12(8-9)14(17)10-3-5-11(15)6-4-10/h2-8H,1H3. The number of hydrogen-bond donors (Lipinski definition) is 0. The largest absolute Gasteiger partial charge is 0.289 e. The van der Waals surface area contributed by atoms with E-state index in [1.54, 1.807) is 18.2 Å². The van der Waals surface area contributed by atoms with E-state index in [0.29, 0.717) is 16.1 Å². The van der Waals surface area contributed by atoms with E-state index in [-0.39, 0.29) is 5.78 Å². The topological polar surface area (TPSA) is 17.1 Å². The van der Waals surface area contributed by atoms with E-state index >= 15 is 0 Å². The fourth-order valence-corrected chi connectivity index (χ4v) is 2.04. The molecule has 0 spiro atoms. The van der Waals surface area contributed by atoms with Gasteiger partial charge in [0.05, 0.1) is 5.02 Å². The van der Waals surface area contributed by atoms with Crippen LogP contribution in [0, 0.1) is 6.92 Å². The van der Waals surface area contributed by atoms with Gasteiger partial charge < -0.3 is 0 Å². The zero-order valence-corrected chi connectivity index (χ0v) is 11.5. The summed E-state index contributed by atoms with van der Waals surface area (Å²) in [5.41, 5.74) is 2.21.